The summed E-state index contributed by atoms with van der Waals surface area (Å²) in [4.78, 5) is 12.1. The highest BCUT2D eigenvalue weighted by Gasteiger charge is 2.18. The molecule has 0 saturated carbocycles. The molecular weight excluding hydrogens is 308 g/mol. The van der Waals surface area contributed by atoms with Gasteiger partial charge in [-0.15, -0.1) is 0 Å². The number of hydrogen-bond acceptors (Lipinski definition) is 6. The molecule has 0 heterocycles. The van der Waals surface area contributed by atoms with Crippen LogP contribution >= 0.6 is 0 Å². The minimum atomic E-state index is -0.526. The highest BCUT2D eigenvalue weighted by Crippen LogP contribution is 2.24. The predicted octanol–water partition coefficient (Wildman–Crippen LogP) is 2.47. The fraction of sp³-hybridized carbons (Fsp3) is 0.667. The summed E-state index contributed by atoms with van der Waals surface area (Å²) in [5.74, 6) is -0.526. The van der Waals surface area contributed by atoms with Gasteiger partial charge in [-0.25, -0.2) is 4.79 Å². The fourth-order valence-corrected chi connectivity index (χ4v) is 2.46. The largest absolute Gasteiger partial charge is 0.462 e. The molecule has 0 aliphatic heterocycles. The van der Waals surface area contributed by atoms with Crippen LogP contribution in [0, 0.1) is 11.3 Å². The molecule has 1 N–H and O–H groups in total. The van der Waals surface area contributed by atoms with Crippen molar-refractivity contribution in [2.45, 2.75) is 38.5 Å². The van der Waals surface area contributed by atoms with Crippen molar-refractivity contribution in [1.29, 1.82) is 5.26 Å². The number of hydrogen-bond donors (Lipinski definition) is 1. The lowest BCUT2D eigenvalue weighted by molar-refractivity contribution is -0.138. The van der Waals surface area contributed by atoms with E-state index in [0.29, 0.717) is 19.8 Å². The van der Waals surface area contributed by atoms with Crippen LogP contribution in [-0.2, 0) is 19.0 Å². The zero-order valence-corrected chi connectivity index (χ0v) is 14.7. The third kappa shape index (κ3) is 7.62. The summed E-state index contributed by atoms with van der Waals surface area (Å²) in [6, 6.07) is 2.01. The van der Waals surface area contributed by atoms with Gasteiger partial charge in [-0.2, -0.15) is 5.26 Å². The van der Waals surface area contributed by atoms with Gasteiger partial charge >= 0.3 is 5.97 Å². The molecule has 134 valence electrons. The maximum atomic E-state index is 12.1. The summed E-state index contributed by atoms with van der Waals surface area (Å²) < 4.78 is 15.2. The Morgan fingerprint density at radius 3 is 2.58 bits per heavy atom. The Morgan fingerprint density at radius 1 is 1.17 bits per heavy atom. The highest BCUT2D eigenvalue weighted by molar-refractivity contribution is 5.94. The second-order valence-electron chi connectivity index (χ2n) is 5.64. The number of rotatable bonds is 11. The average molecular weight is 336 g/mol. The van der Waals surface area contributed by atoms with Crippen LogP contribution in [0.5, 0.6) is 0 Å². The SMILES string of the molecule is COCCCCOC(=O)/C(C#N)=C1\C=C(NCCCOC)CCC1. The van der Waals surface area contributed by atoms with E-state index in [-0.39, 0.29) is 5.57 Å². The van der Waals surface area contributed by atoms with Gasteiger partial charge in [0.2, 0.25) is 0 Å². The van der Waals surface area contributed by atoms with Crippen molar-refractivity contribution in [1.82, 2.24) is 5.32 Å². The molecule has 0 amide bonds. The third-order valence-corrected chi connectivity index (χ3v) is 3.73. The zero-order chi connectivity index (χ0) is 17.6. The molecular formula is C18H28N2O4. The minimum absolute atomic E-state index is 0.123. The van der Waals surface area contributed by atoms with Crippen LogP contribution in [0.25, 0.3) is 0 Å². The van der Waals surface area contributed by atoms with Crippen LogP contribution in [-0.4, -0.2) is 46.6 Å². The molecule has 1 aliphatic carbocycles. The number of unbranched alkanes of at least 4 members (excludes halogenated alkanes) is 1. The lowest BCUT2D eigenvalue weighted by atomic mass is 9.95. The first kappa shape index (κ1) is 20.2. The quantitative estimate of drug-likeness (QED) is 0.270. The Morgan fingerprint density at radius 2 is 1.88 bits per heavy atom. The Bertz CT molecular complexity index is 492. The number of nitrogens with zero attached hydrogens (tertiary/aromatic N) is 1. The smallest absolute Gasteiger partial charge is 0.349 e. The maximum Gasteiger partial charge on any atom is 0.349 e. The number of esters is 1. The Labute approximate surface area is 144 Å². The molecule has 0 aromatic carbocycles. The summed E-state index contributed by atoms with van der Waals surface area (Å²) in [6.45, 7) is 2.48. The molecule has 0 unspecified atom stereocenters. The number of methoxy groups -OCH3 is 2. The van der Waals surface area contributed by atoms with E-state index in [1.165, 1.54) is 0 Å². The topological polar surface area (TPSA) is 80.6 Å². The minimum Gasteiger partial charge on any atom is -0.462 e. The number of carbonyl (C=O) groups excluding carboxylic acids is 1. The van der Waals surface area contributed by atoms with Crippen LogP contribution in [0.4, 0.5) is 0 Å². The Hall–Kier alpha value is -1.84. The van der Waals surface area contributed by atoms with Crippen molar-refractivity contribution in [2.24, 2.45) is 0 Å². The monoisotopic (exact) mass is 336 g/mol. The standard InChI is InChI=1S/C18H28N2O4/c1-22-10-3-4-12-24-18(21)17(14-19)15-7-5-8-16(13-15)20-9-6-11-23-2/h13,20H,3-12H2,1-2H3/b17-15-. The van der Waals surface area contributed by atoms with Crippen molar-refractivity contribution in [2.75, 3.05) is 40.6 Å². The van der Waals surface area contributed by atoms with Crippen LogP contribution in [0.15, 0.2) is 22.9 Å². The predicted molar refractivity (Wildman–Crippen MR) is 91.1 cm³/mol. The van der Waals surface area contributed by atoms with E-state index in [2.05, 4.69) is 5.32 Å². The fourth-order valence-electron chi connectivity index (χ4n) is 2.46. The van der Waals surface area contributed by atoms with Gasteiger partial charge in [0.25, 0.3) is 0 Å². The Balaban J connectivity index is 2.58. The van der Waals surface area contributed by atoms with E-state index < -0.39 is 5.97 Å². The molecule has 0 aromatic heterocycles. The molecule has 1 aliphatic rings. The van der Waals surface area contributed by atoms with Gasteiger partial charge in [0.15, 0.2) is 0 Å². The number of ether oxygens (including phenoxy) is 3. The zero-order valence-electron chi connectivity index (χ0n) is 14.7. The summed E-state index contributed by atoms with van der Waals surface area (Å²) in [6.07, 6.45) is 6.98. The molecule has 24 heavy (non-hydrogen) atoms. The Kier molecular flexibility index (Phi) is 10.6. The summed E-state index contributed by atoms with van der Waals surface area (Å²) in [5, 5.41) is 12.7. The number of nitrogens with one attached hydrogen (secondary N) is 1. The first-order valence-electron chi connectivity index (χ1n) is 8.45. The van der Waals surface area contributed by atoms with Gasteiger partial charge in [-0.1, -0.05) is 0 Å². The maximum absolute atomic E-state index is 12.1. The van der Waals surface area contributed by atoms with E-state index in [0.717, 1.165) is 56.3 Å². The lowest BCUT2D eigenvalue weighted by Gasteiger charge is -2.18. The molecule has 0 saturated heterocycles. The second-order valence-corrected chi connectivity index (χ2v) is 5.64. The average Bonchev–Trinajstić information content (AvgIpc) is 2.60. The first-order valence-corrected chi connectivity index (χ1v) is 8.45. The van der Waals surface area contributed by atoms with E-state index in [1.807, 2.05) is 12.1 Å². The van der Waals surface area contributed by atoms with E-state index in [9.17, 15) is 10.1 Å². The van der Waals surface area contributed by atoms with Gasteiger partial charge in [-0.3, -0.25) is 0 Å². The molecule has 1 rings (SSSR count). The van der Waals surface area contributed by atoms with Gasteiger partial charge in [0.1, 0.15) is 11.6 Å². The molecule has 0 atom stereocenters. The van der Waals surface area contributed by atoms with Crippen LogP contribution in [0.2, 0.25) is 0 Å². The number of carbonyl (C=O) groups is 1. The normalized spacial score (nSPS) is 16.1. The van der Waals surface area contributed by atoms with Crippen LogP contribution in [0.3, 0.4) is 0 Å². The molecule has 6 heteroatoms. The lowest BCUT2D eigenvalue weighted by Crippen LogP contribution is -2.19. The van der Waals surface area contributed by atoms with Crippen molar-refractivity contribution >= 4 is 5.97 Å². The van der Waals surface area contributed by atoms with Crippen LogP contribution < -0.4 is 5.32 Å². The number of nitriles is 1. The van der Waals surface area contributed by atoms with Crippen molar-refractivity contribution in [3.05, 3.63) is 22.9 Å². The second kappa shape index (κ2) is 12.6. The third-order valence-electron chi connectivity index (χ3n) is 3.73. The molecule has 0 bridgehead atoms. The summed E-state index contributed by atoms with van der Waals surface area (Å²) in [7, 11) is 3.32. The van der Waals surface area contributed by atoms with E-state index in [1.54, 1.807) is 14.2 Å². The summed E-state index contributed by atoms with van der Waals surface area (Å²) >= 11 is 0. The number of allylic oxidation sites excluding steroid dienone is 3. The van der Waals surface area contributed by atoms with Gasteiger partial charge in [0, 0.05) is 39.7 Å². The first-order chi connectivity index (χ1) is 11.7. The van der Waals surface area contributed by atoms with Crippen molar-refractivity contribution in [3.63, 3.8) is 0 Å². The summed E-state index contributed by atoms with van der Waals surface area (Å²) in [5.41, 5.74) is 1.95. The van der Waals surface area contributed by atoms with Crippen molar-refractivity contribution in [3.8, 4) is 6.07 Å². The molecule has 0 radical (unpaired) electrons. The van der Waals surface area contributed by atoms with Crippen LogP contribution in [0.1, 0.15) is 38.5 Å². The van der Waals surface area contributed by atoms with E-state index in [4.69, 9.17) is 14.2 Å². The van der Waals surface area contributed by atoms with Gasteiger partial charge in [0.05, 0.1) is 6.61 Å². The van der Waals surface area contributed by atoms with Crippen molar-refractivity contribution < 1.29 is 19.0 Å². The van der Waals surface area contributed by atoms with Gasteiger partial charge < -0.3 is 19.5 Å². The van der Waals surface area contributed by atoms with Gasteiger partial charge in [-0.05, 0) is 50.2 Å². The van der Waals surface area contributed by atoms with E-state index >= 15 is 0 Å². The molecule has 6 nitrogen and oxygen atoms in total. The molecule has 0 fully saturated rings. The highest BCUT2D eigenvalue weighted by atomic mass is 16.5. The molecule has 0 spiro atoms. The molecule has 0 aromatic rings.